The molecule has 1 fully saturated rings. The van der Waals surface area contributed by atoms with E-state index in [9.17, 15) is 9.59 Å². The molecule has 4 heterocycles. The maximum atomic E-state index is 13.6. The van der Waals surface area contributed by atoms with Crippen LogP contribution in [0, 0.1) is 12.8 Å². The molecule has 1 saturated heterocycles. The maximum Gasteiger partial charge on any atom is 0.287 e. The number of nitrogens with zero attached hydrogens (tertiary/aromatic N) is 4. The van der Waals surface area contributed by atoms with Gasteiger partial charge in [-0.1, -0.05) is 19.1 Å². The van der Waals surface area contributed by atoms with Gasteiger partial charge in [0, 0.05) is 31.1 Å². The molecule has 220 valence electrons. The SMILES string of the molecule is CCOc1ccc([C@@H](CC(=O)N2CCN(c3nc(C)nc4sc5c(c34)CC[C@H](C)C5)CC2)NC(=O)c2ccco2)cc1. The quantitative estimate of drug-likeness (QED) is 0.298. The van der Waals surface area contributed by atoms with E-state index in [4.69, 9.17) is 19.1 Å². The van der Waals surface area contributed by atoms with Crippen LogP contribution in [0.4, 0.5) is 5.82 Å². The molecule has 1 aliphatic heterocycles. The lowest BCUT2D eigenvalue weighted by atomic mass is 9.89. The predicted octanol–water partition coefficient (Wildman–Crippen LogP) is 5.33. The summed E-state index contributed by atoms with van der Waals surface area (Å²) in [6.45, 7) is 9.37. The van der Waals surface area contributed by atoms with Gasteiger partial charge in [0.2, 0.25) is 5.91 Å². The van der Waals surface area contributed by atoms with Crippen LogP contribution in [0.2, 0.25) is 0 Å². The fraction of sp³-hybridized carbons (Fsp3) is 0.438. The normalized spacial score (nSPS) is 17.6. The van der Waals surface area contributed by atoms with E-state index in [0.29, 0.717) is 38.7 Å². The third-order valence-corrected chi connectivity index (χ3v) is 9.35. The van der Waals surface area contributed by atoms with Gasteiger partial charge in [0.25, 0.3) is 5.91 Å². The number of nitrogens with one attached hydrogen (secondary N) is 1. The Morgan fingerprint density at radius 1 is 1.14 bits per heavy atom. The van der Waals surface area contributed by atoms with E-state index in [1.165, 1.54) is 28.5 Å². The first-order valence-electron chi connectivity index (χ1n) is 14.8. The van der Waals surface area contributed by atoms with E-state index < -0.39 is 6.04 Å². The van der Waals surface area contributed by atoms with Crippen LogP contribution in [-0.4, -0.2) is 59.5 Å². The molecule has 4 aromatic rings. The molecule has 0 bridgehead atoms. The number of rotatable bonds is 8. The van der Waals surface area contributed by atoms with E-state index in [-0.39, 0.29) is 24.0 Å². The Bertz CT molecular complexity index is 1560. The van der Waals surface area contributed by atoms with Crippen LogP contribution in [0.5, 0.6) is 5.75 Å². The van der Waals surface area contributed by atoms with E-state index >= 15 is 0 Å². The summed E-state index contributed by atoms with van der Waals surface area (Å²) >= 11 is 1.82. The van der Waals surface area contributed by atoms with Crippen molar-refractivity contribution in [3.05, 3.63) is 70.3 Å². The number of aromatic nitrogens is 2. The number of thiophene rings is 1. The summed E-state index contributed by atoms with van der Waals surface area (Å²) < 4.78 is 10.9. The highest BCUT2D eigenvalue weighted by atomic mass is 32.1. The van der Waals surface area contributed by atoms with E-state index in [2.05, 4.69) is 17.1 Å². The summed E-state index contributed by atoms with van der Waals surface area (Å²) in [5, 5.41) is 4.21. The summed E-state index contributed by atoms with van der Waals surface area (Å²) in [5.41, 5.74) is 2.26. The van der Waals surface area contributed by atoms with Crippen LogP contribution in [0.1, 0.15) is 65.1 Å². The number of fused-ring (bicyclic) bond motifs is 3. The van der Waals surface area contributed by atoms with Gasteiger partial charge in [-0.15, -0.1) is 11.3 Å². The highest BCUT2D eigenvalue weighted by molar-refractivity contribution is 7.19. The molecular weight excluding hydrogens is 550 g/mol. The zero-order chi connectivity index (χ0) is 29.2. The van der Waals surface area contributed by atoms with Crippen molar-refractivity contribution in [3.63, 3.8) is 0 Å². The van der Waals surface area contributed by atoms with Crippen LogP contribution in [0.15, 0.2) is 47.1 Å². The first-order valence-corrected chi connectivity index (χ1v) is 15.6. The highest BCUT2D eigenvalue weighted by Gasteiger charge is 2.30. The smallest absolute Gasteiger partial charge is 0.287 e. The minimum absolute atomic E-state index is 0.000746. The molecule has 2 amide bonds. The summed E-state index contributed by atoms with van der Waals surface area (Å²) in [6, 6.07) is 10.3. The van der Waals surface area contributed by atoms with Gasteiger partial charge >= 0.3 is 0 Å². The Balaban J connectivity index is 1.16. The van der Waals surface area contributed by atoms with Gasteiger partial charge in [-0.3, -0.25) is 9.59 Å². The molecule has 9 nitrogen and oxygen atoms in total. The molecule has 2 aliphatic rings. The Morgan fingerprint density at radius 2 is 1.93 bits per heavy atom. The van der Waals surface area contributed by atoms with Gasteiger partial charge in [-0.2, -0.15) is 0 Å². The number of ether oxygens (including phenoxy) is 1. The number of carbonyl (C=O) groups excluding carboxylic acids is 2. The van der Waals surface area contributed by atoms with Crippen LogP contribution >= 0.6 is 11.3 Å². The number of aryl methyl sites for hydroxylation is 2. The number of hydrogen-bond acceptors (Lipinski definition) is 8. The van der Waals surface area contributed by atoms with Crippen molar-refractivity contribution >= 4 is 39.2 Å². The monoisotopic (exact) mass is 587 g/mol. The number of hydrogen-bond donors (Lipinski definition) is 1. The lowest BCUT2D eigenvalue weighted by Gasteiger charge is -2.36. The molecule has 42 heavy (non-hydrogen) atoms. The standard InChI is InChI=1S/C32H37N5O4S/c1-4-40-23-10-8-22(9-11-23)25(35-31(39)26-6-5-17-41-26)19-28(38)36-13-15-37(16-14-36)30-29-24-12-7-20(2)18-27(24)42-32(29)34-21(3)33-30/h5-6,8-11,17,20,25H,4,7,12-16,18-19H2,1-3H3,(H,35,39)/t20-,25+/m0/s1. The third-order valence-electron chi connectivity index (χ3n) is 8.20. The van der Waals surface area contributed by atoms with Gasteiger partial charge in [0.05, 0.1) is 30.7 Å². The van der Waals surface area contributed by atoms with Crippen molar-refractivity contribution < 1.29 is 18.7 Å². The summed E-state index contributed by atoms with van der Waals surface area (Å²) in [7, 11) is 0. The van der Waals surface area contributed by atoms with Crippen LogP contribution in [0.3, 0.4) is 0 Å². The first-order chi connectivity index (χ1) is 20.4. The molecule has 3 aromatic heterocycles. The largest absolute Gasteiger partial charge is 0.494 e. The second kappa shape index (κ2) is 12.1. The maximum absolute atomic E-state index is 13.6. The third kappa shape index (κ3) is 5.86. The molecule has 0 spiro atoms. The van der Waals surface area contributed by atoms with Crippen molar-refractivity contribution in [2.24, 2.45) is 5.92 Å². The van der Waals surface area contributed by atoms with Crippen LogP contribution in [0.25, 0.3) is 10.2 Å². The van der Waals surface area contributed by atoms with Crippen molar-refractivity contribution in [2.75, 3.05) is 37.7 Å². The molecule has 10 heteroatoms. The molecule has 0 radical (unpaired) electrons. The van der Waals surface area contributed by atoms with Gasteiger partial charge in [0.1, 0.15) is 22.2 Å². The zero-order valence-corrected chi connectivity index (χ0v) is 25.2. The predicted molar refractivity (Wildman–Crippen MR) is 163 cm³/mol. The summed E-state index contributed by atoms with van der Waals surface area (Å²) in [4.78, 5) is 42.9. The second-order valence-corrected chi connectivity index (χ2v) is 12.3. The number of piperazine rings is 1. The Hall–Kier alpha value is -3.92. The minimum atomic E-state index is -0.507. The zero-order valence-electron chi connectivity index (χ0n) is 24.4. The minimum Gasteiger partial charge on any atom is -0.494 e. The van der Waals surface area contributed by atoms with E-state index in [1.807, 2.05) is 54.3 Å². The van der Waals surface area contributed by atoms with Crippen molar-refractivity contribution in [2.45, 2.75) is 52.5 Å². The van der Waals surface area contributed by atoms with Gasteiger partial charge in [-0.05, 0) is 74.4 Å². The average Bonchev–Trinajstić information content (AvgIpc) is 3.65. The number of benzene rings is 1. The molecule has 1 N–H and O–H groups in total. The van der Waals surface area contributed by atoms with Gasteiger partial charge in [0.15, 0.2) is 5.76 Å². The molecule has 0 unspecified atom stereocenters. The van der Waals surface area contributed by atoms with Gasteiger partial charge < -0.3 is 24.3 Å². The first kappa shape index (κ1) is 28.2. The lowest BCUT2D eigenvalue weighted by molar-refractivity contribution is -0.132. The van der Waals surface area contributed by atoms with Crippen molar-refractivity contribution in [1.82, 2.24) is 20.2 Å². The molecule has 0 saturated carbocycles. The fourth-order valence-electron chi connectivity index (χ4n) is 5.98. The van der Waals surface area contributed by atoms with Crippen molar-refractivity contribution in [3.8, 4) is 5.75 Å². The molecular formula is C32H37N5O4S. The Kier molecular flexibility index (Phi) is 8.15. The fourth-order valence-corrected chi connectivity index (χ4v) is 7.40. The summed E-state index contributed by atoms with van der Waals surface area (Å²) in [6.07, 6.45) is 4.99. The molecule has 2 atom stereocenters. The number of carbonyl (C=O) groups is 2. The molecule has 1 aromatic carbocycles. The van der Waals surface area contributed by atoms with Crippen LogP contribution in [-0.2, 0) is 17.6 Å². The van der Waals surface area contributed by atoms with Crippen LogP contribution < -0.4 is 15.0 Å². The summed E-state index contributed by atoms with van der Waals surface area (Å²) in [5.74, 6) is 3.10. The van der Waals surface area contributed by atoms with E-state index in [1.54, 1.807) is 12.1 Å². The molecule has 1 aliphatic carbocycles. The Labute approximate surface area is 249 Å². The molecule has 6 rings (SSSR count). The lowest BCUT2D eigenvalue weighted by Crippen LogP contribution is -2.49. The second-order valence-electron chi connectivity index (χ2n) is 11.2. The number of anilines is 1. The van der Waals surface area contributed by atoms with E-state index in [0.717, 1.165) is 40.6 Å². The Morgan fingerprint density at radius 3 is 2.64 bits per heavy atom. The highest BCUT2D eigenvalue weighted by Crippen LogP contribution is 2.41. The number of furan rings is 1. The number of amides is 2. The van der Waals surface area contributed by atoms with Gasteiger partial charge in [-0.25, -0.2) is 9.97 Å². The van der Waals surface area contributed by atoms with Crippen molar-refractivity contribution in [1.29, 1.82) is 0 Å². The topological polar surface area (TPSA) is 101 Å². The average molecular weight is 588 g/mol.